The van der Waals surface area contributed by atoms with Gasteiger partial charge >= 0.3 is 0 Å². The molecule has 2 aromatic heterocycles. The number of aryl methyl sites for hydroxylation is 2. The molecule has 2 aromatic carbocycles. The Labute approximate surface area is 238 Å². The Morgan fingerprint density at radius 2 is 1.97 bits per heavy atom. The van der Waals surface area contributed by atoms with Crippen molar-refractivity contribution in [3.63, 3.8) is 0 Å². The summed E-state index contributed by atoms with van der Waals surface area (Å²) in [6, 6.07) is 15.2. The highest BCUT2D eigenvalue weighted by Gasteiger charge is 2.78. The number of hydrogen-bond acceptors (Lipinski definition) is 6. The number of nitrogens with one attached hydrogen (secondary N) is 2. The molecule has 196 valence electrons. The lowest BCUT2D eigenvalue weighted by molar-refractivity contribution is -0.131. The molecule has 7 nitrogen and oxygen atoms in total. The number of carbonyl (C=O) groups excluding carboxylic acids is 2. The molecule has 4 aromatic rings. The molecule has 1 unspecified atom stereocenters. The van der Waals surface area contributed by atoms with Crippen LogP contribution in [0.1, 0.15) is 45.2 Å². The van der Waals surface area contributed by atoms with E-state index in [9.17, 15) is 4.79 Å². The van der Waals surface area contributed by atoms with Crippen molar-refractivity contribution in [3.8, 4) is 0 Å². The molecule has 4 aliphatic rings. The van der Waals surface area contributed by atoms with Gasteiger partial charge in [-0.2, -0.15) is 5.10 Å². The van der Waals surface area contributed by atoms with Gasteiger partial charge < -0.3 is 5.32 Å². The zero-order valence-electron chi connectivity index (χ0n) is 20.9. The molecule has 2 spiro atoms. The number of nitrogens with zero attached hydrogens (tertiary/aromatic N) is 3. The average Bonchev–Trinajstić information content (AvgIpc) is 3.66. The van der Waals surface area contributed by atoms with Crippen LogP contribution in [0.4, 0.5) is 5.69 Å². The predicted molar refractivity (Wildman–Crippen MR) is 153 cm³/mol. The molecule has 5 heterocycles. The van der Waals surface area contributed by atoms with Gasteiger partial charge in [-0.15, -0.1) is 11.8 Å². The van der Waals surface area contributed by atoms with Crippen LogP contribution in [0.25, 0.3) is 11.0 Å². The van der Waals surface area contributed by atoms with Gasteiger partial charge in [-0.05, 0) is 49.6 Å². The van der Waals surface area contributed by atoms with Crippen LogP contribution in [-0.2, 0) is 16.8 Å². The van der Waals surface area contributed by atoms with Crippen molar-refractivity contribution < 1.29 is 9.59 Å². The number of rotatable bonds is 1. The molecule has 2 saturated heterocycles. The van der Waals surface area contributed by atoms with Gasteiger partial charge in [0.15, 0.2) is 11.4 Å². The number of ketones is 1. The van der Waals surface area contributed by atoms with E-state index in [0.29, 0.717) is 40.0 Å². The number of Topliss-reactive ketones (excluding diaryl/α,β-unsaturated/α-hetero) is 1. The van der Waals surface area contributed by atoms with Crippen molar-refractivity contribution in [3.05, 3.63) is 86.7 Å². The van der Waals surface area contributed by atoms with Crippen LogP contribution in [-0.4, -0.2) is 49.4 Å². The summed E-state index contributed by atoms with van der Waals surface area (Å²) in [4.78, 5) is 36.8. The lowest BCUT2D eigenvalue weighted by Crippen LogP contribution is -2.60. The Morgan fingerprint density at radius 1 is 1.13 bits per heavy atom. The molecule has 8 rings (SSSR count). The highest BCUT2D eigenvalue weighted by atomic mass is 35.5. The van der Waals surface area contributed by atoms with Gasteiger partial charge in [0.1, 0.15) is 5.54 Å². The summed E-state index contributed by atoms with van der Waals surface area (Å²) >= 11 is 15.0. The SMILES string of the molecule is Cc1[nH]nc2nc3c(cc12)C(=O)[C@]1(CC3)[C@@H](c2ccc(Cl)cc2Cl)C2CSCN2[C@@]12C(=O)Nc1ccccc12. The van der Waals surface area contributed by atoms with E-state index in [2.05, 4.69) is 20.4 Å². The number of fused-ring (bicyclic) bond motifs is 7. The van der Waals surface area contributed by atoms with Crippen LogP contribution in [0.5, 0.6) is 0 Å². The third kappa shape index (κ3) is 2.80. The molecule has 0 bridgehead atoms. The van der Waals surface area contributed by atoms with Crippen molar-refractivity contribution in [2.75, 3.05) is 16.9 Å². The number of H-pyrrole nitrogens is 1. The Morgan fingerprint density at radius 3 is 2.82 bits per heavy atom. The first-order valence-electron chi connectivity index (χ1n) is 13.0. The maximum atomic E-state index is 15.3. The predicted octanol–water partition coefficient (Wildman–Crippen LogP) is 5.71. The highest BCUT2D eigenvalue weighted by Crippen LogP contribution is 2.70. The number of hydrogen-bond donors (Lipinski definition) is 2. The first-order valence-corrected chi connectivity index (χ1v) is 14.9. The molecule has 2 fully saturated rings. The summed E-state index contributed by atoms with van der Waals surface area (Å²) in [7, 11) is 0. The molecule has 3 aliphatic heterocycles. The van der Waals surface area contributed by atoms with E-state index in [4.69, 9.17) is 28.2 Å². The second-order valence-electron chi connectivity index (χ2n) is 10.9. The van der Waals surface area contributed by atoms with Crippen LogP contribution in [0.3, 0.4) is 0 Å². The molecule has 1 amide bonds. The summed E-state index contributed by atoms with van der Waals surface area (Å²) in [6.07, 6.45) is 1.01. The van der Waals surface area contributed by atoms with E-state index in [1.165, 1.54) is 0 Å². The third-order valence-electron chi connectivity index (χ3n) is 9.32. The molecule has 4 atom stereocenters. The number of amides is 1. The molecule has 2 N–H and O–H groups in total. The van der Waals surface area contributed by atoms with Gasteiger partial charge in [0.25, 0.3) is 5.91 Å². The summed E-state index contributed by atoms with van der Waals surface area (Å²) in [5, 5.41) is 12.4. The van der Waals surface area contributed by atoms with Crippen molar-refractivity contribution in [2.24, 2.45) is 5.41 Å². The molecule has 10 heteroatoms. The molecular weight excluding hydrogens is 553 g/mol. The Hall–Kier alpha value is -2.91. The first-order chi connectivity index (χ1) is 18.9. The normalized spacial score (nSPS) is 29.3. The number of carbonyl (C=O) groups is 2. The van der Waals surface area contributed by atoms with Crippen LogP contribution < -0.4 is 5.32 Å². The first kappa shape index (κ1) is 23.9. The number of thioether (sulfide) groups is 1. The number of anilines is 1. The standard InChI is InChI=1S/C29H23Cl2N5O2S/c1-14-17-11-18-21(32-26(17)35-34-14)8-9-28(25(18)37)24(16-7-6-15(30)10-20(16)31)23-12-39-13-36(23)29(28)19-4-2-3-5-22(19)33-27(29)38/h2-7,10-11,23-24H,8-9,12-13H2,1H3,(H,33,38)(H,32,34,35)/t23?,24-,28-,29-/m0/s1. The largest absolute Gasteiger partial charge is 0.324 e. The maximum absolute atomic E-state index is 15.3. The van der Waals surface area contributed by atoms with Gasteiger partial charge in [-0.3, -0.25) is 19.6 Å². The fourth-order valence-corrected chi connectivity index (χ4v) is 9.71. The quantitative estimate of drug-likeness (QED) is 0.302. The Bertz CT molecular complexity index is 1760. The number of pyridine rings is 1. The lowest BCUT2D eigenvalue weighted by Gasteiger charge is -2.48. The van der Waals surface area contributed by atoms with Crippen LogP contribution in [0.15, 0.2) is 48.5 Å². The molecule has 0 radical (unpaired) electrons. The average molecular weight is 577 g/mol. The fourth-order valence-electron chi connectivity index (χ4n) is 7.88. The minimum atomic E-state index is -1.18. The second-order valence-corrected chi connectivity index (χ2v) is 12.7. The van der Waals surface area contributed by atoms with Gasteiger partial charge in [-0.1, -0.05) is 47.5 Å². The summed E-state index contributed by atoms with van der Waals surface area (Å²) in [6.45, 7) is 1.92. The van der Waals surface area contributed by atoms with E-state index >= 15 is 4.79 Å². The number of halogens is 2. The topological polar surface area (TPSA) is 91.0 Å². The minimum absolute atomic E-state index is 0.0546. The summed E-state index contributed by atoms with van der Waals surface area (Å²) in [5.74, 6) is 0.917. The third-order valence-corrected chi connectivity index (χ3v) is 10.9. The maximum Gasteiger partial charge on any atom is 0.250 e. The van der Waals surface area contributed by atoms with Crippen LogP contribution >= 0.6 is 35.0 Å². The number of aromatic nitrogens is 3. The summed E-state index contributed by atoms with van der Waals surface area (Å²) < 4.78 is 0. The number of benzene rings is 2. The lowest BCUT2D eigenvalue weighted by atomic mass is 9.53. The van der Waals surface area contributed by atoms with E-state index in [1.807, 2.05) is 49.4 Å². The fraction of sp³-hybridized carbons (Fsp3) is 0.310. The summed E-state index contributed by atoms with van der Waals surface area (Å²) in [5.41, 5.74) is 2.96. The Balaban J connectivity index is 1.47. The minimum Gasteiger partial charge on any atom is -0.324 e. The number of aromatic amines is 1. The number of para-hydroxylation sites is 1. The van der Waals surface area contributed by atoms with E-state index < -0.39 is 11.0 Å². The van der Waals surface area contributed by atoms with Crippen molar-refractivity contribution in [1.82, 2.24) is 20.1 Å². The van der Waals surface area contributed by atoms with E-state index in [1.54, 1.807) is 17.8 Å². The second kappa shape index (κ2) is 8.07. The van der Waals surface area contributed by atoms with Gasteiger partial charge in [-0.25, -0.2) is 4.98 Å². The highest BCUT2D eigenvalue weighted by molar-refractivity contribution is 7.99. The molecule has 1 aliphatic carbocycles. The zero-order valence-corrected chi connectivity index (χ0v) is 23.3. The van der Waals surface area contributed by atoms with Crippen LogP contribution in [0, 0.1) is 12.3 Å². The van der Waals surface area contributed by atoms with Gasteiger partial charge in [0, 0.05) is 61.5 Å². The van der Waals surface area contributed by atoms with Crippen molar-refractivity contribution in [2.45, 2.75) is 37.3 Å². The molecule has 39 heavy (non-hydrogen) atoms. The Kier molecular flexibility index (Phi) is 4.95. The van der Waals surface area contributed by atoms with E-state index in [0.717, 1.165) is 39.3 Å². The van der Waals surface area contributed by atoms with Crippen molar-refractivity contribution in [1.29, 1.82) is 0 Å². The monoisotopic (exact) mass is 575 g/mol. The smallest absolute Gasteiger partial charge is 0.250 e. The molecular formula is C29H23Cl2N5O2S. The van der Waals surface area contributed by atoms with E-state index in [-0.39, 0.29) is 23.7 Å². The zero-order chi connectivity index (χ0) is 26.7. The van der Waals surface area contributed by atoms with Crippen LogP contribution in [0.2, 0.25) is 10.0 Å². The van der Waals surface area contributed by atoms with Crippen molar-refractivity contribution >= 4 is 63.4 Å². The van der Waals surface area contributed by atoms with Gasteiger partial charge in [0.05, 0.1) is 11.1 Å². The van der Waals surface area contributed by atoms with Gasteiger partial charge in [0.2, 0.25) is 0 Å². The molecule has 0 saturated carbocycles.